The van der Waals surface area contributed by atoms with Crippen LogP contribution in [0.4, 0.5) is 16.2 Å². The summed E-state index contributed by atoms with van der Waals surface area (Å²) in [6, 6.07) is 15.6. The van der Waals surface area contributed by atoms with Crippen molar-refractivity contribution in [2.24, 2.45) is 0 Å². The van der Waals surface area contributed by atoms with Gasteiger partial charge in [-0.25, -0.2) is 9.37 Å². The first-order valence-electron chi connectivity index (χ1n) is 14.6. The molecular weight excluding hydrogens is 519 g/mol. The van der Waals surface area contributed by atoms with E-state index in [0.717, 1.165) is 55.4 Å². The van der Waals surface area contributed by atoms with Crippen LogP contribution in [0.1, 0.15) is 25.7 Å². The third kappa shape index (κ3) is 4.75. The fraction of sp³-hybridized carbons (Fsp3) is 0.438. The lowest BCUT2D eigenvalue weighted by molar-refractivity contribution is -0.000700. The number of aromatic nitrogens is 2. The molecule has 2 atom stereocenters. The molecule has 3 aromatic carbocycles. The van der Waals surface area contributed by atoms with E-state index in [0.29, 0.717) is 59.8 Å². The van der Waals surface area contributed by atoms with E-state index >= 15 is 4.39 Å². The molecule has 0 radical (unpaired) electrons. The van der Waals surface area contributed by atoms with Crippen molar-refractivity contribution in [2.75, 3.05) is 57.2 Å². The molecule has 2 bridgehead atoms. The number of phenols is 1. The number of likely N-dealkylation sites (N-methyl/N-ethyl adjacent to an activating group) is 1. The maximum atomic E-state index is 16.7. The second kappa shape index (κ2) is 10.4. The van der Waals surface area contributed by atoms with Gasteiger partial charge in [-0.3, -0.25) is 0 Å². The lowest BCUT2D eigenvalue weighted by Crippen LogP contribution is -2.53. The monoisotopic (exact) mass is 556 g/mol. The summed E-state index contributed by atoms with van der Waals surface area (Å²) < 4.78 is 22.3. The molecule has 0 spiro atoms. The SMILES string of the molecule is CN(C)C1(CNc2nc(N3C[C@H]4CC[C@@H](C3)N4)c3ccc(-c4cc(O)cc5ccccc45)c(F)c3n2)CCOCC1. The van der Waals surface area contributed by atoms with Crippen LogP contribution in [0.2, 0.25) is 0 Å². The quantitative estimate of drug-likeness (QED) is 0.314. The fourth-order valence-electron chi connectivity index (χ4n) is 6.94. The highest BCUT2D eigenvalue weighted by atomic mass is 19.1. The zero-order valence-electron chi connectivity index (χ0n) is 23.7. The average Bonchev–Trinajstić information content (AvgIpc) is 3.33. The molecule has 7 rings (SSSR count). The summed E-state index contributed by atoms with van der Waals surface area (Å²) in [4.78, 5) is 14.4. The molecule has 9 heteroatoms. The Hall–Kier alpha value is -3.53. The van der Waals surface area contributed by atoms with Crippen molar-refractivity contribution in [2.45, 2.75) is 43.3 Å². The summed E-state index contributed by atoms with van der Waals surface area (Å²) >= 11 is 0. The zero-order chi connectivity index (χ0) is 28.1. The molecule has 4 heterocycles. The van der Waals surface area contributed by atoms with Gasteiger partial charge in [0.2, 0.25) is 5.95 Å². The number of nitrogens with one attached hydrogen (secondary N) is 2. The summed E-state index contributed by atoms with van der Waals surface area (Å²) in [7, 11) is 4.20. The number of nitrogens with zero attached hydrogens (tertiary/aromatic N) is 4. The number of piperazine rings is 1. The number of fused-ring (bicyclic) bond motifs is 4. The Morgan fingerprint density at radius 1 is 1.02 bits per heavy atom. The summed E-state index contributed by atoms with van der Waals surface area (Å²) in [5, 5.41) is 20.1. The van der Waals surface area contributed by atoms with E-state index in [1.54, 1.807) is 18.2 Å². The van der Waals surface area contributed by atoms with Gasteiger partial charge in [-0.05, 0) is 74.3 Å². The van der Waals surface area contributed by atoms with Crippen LogP contribution in [0.25, 0.3) is 32.8 Å². The maximum Gasteiger partial charge on any atom is 0.225 e. The largest absolute Gasteiger partial charge is 0.508 e. The van der Waals surface area contributed by atoms with Crippen LogP contribution >= 0.6 is 0 Å². The molecular formula is C32H37FN6O2. The smallest absolute Gasteiger partial charge is 0.225 e. The molecule has 3 aliphatic rings. The van der Waals surface area contributed by atoms with Gasteiger partial charge in [0.15, 0.2) is 5.82 Å². The Balaban J connectivity index is 1.35. The molecule has 0 unspecified atom stereocenters. The van der Waals surface area contributed by atoms with Crippen molar-refractivity contribution in [3.05, 3.63) is 54.3 Å². The van der Waals surface area contributed by atoms with E-state index in [1.807, 2.05) is 30.3 Å². The van der Waals surface area contributed by atoms with Crippen LogP contribution in [0.15, 0.2) is 48.5 Å². The number of hydrogen-bond acceptors (Lipinski definition) is 8. The third-order valence-corrected chi connectivity index (χ3v) is 9.39. The first-order valence-corrected chi connectivity index (χ1v) is 14.6. The molecule has 8 nitrogen and oxygen atoms in total. The minimum Gasteiger partial charge on any atom is -0.508 e. The Morgan fingerprint density at radius 3 is 2.54 bits per heavy atom. The normalized spacial score (nSPS) is 22.1. The molecule has 3 fully saturated rings. The first kappa shape index (κ1) is 26.4. The van der Waals surface area contributed by atoms with Crippen molar-refractivity contribution in [1.29, 1.82) is 0 Å². The lowest BCUT2D eigenvalue weighted by atomic mass is 9.88. The lowest BCUT2D eigenvalue weighted by Gasteiger charge is -2.43. The Bertz CT molecular complexity index is 1590. The highest BCUT2D eigenvalue weighted by Crippen LogP contribution is 2.39. The van der Waals surface area contributed by atoms with Crippen LogP contribution in [-0.2, 0) is 4.74 Å². The predicted octanol–water partition coefficient (Wildman–Crippen LogP) is 4.76. The molecule has 4 aromatic rings. The van der Waals surface area contributed by atoms with Gasteiger partial charge in [0.25, 0.3) is 0 Å². The number of hydrogen-bond donors (Lipinski definition) is 3. The first-order chi connectivity index (χ1) is 19.9. The Morgan fingerprint density at radius 2 is 1.78 bits per heavy atom. The number of rotatable bonds is 6. The molecule has 3 N–H and O–H groups in total. The van der Waals surface area contributed by atoms with Gasteiger partial charge in [-0.1, -0.05) is 30.3 Å². The summed E-state index contributed by atoms with van der Waals surface area (Å²) in [6.45, 7) is 3.73. The van der Waals surface area contributed by atoms with Gasteiger partial charge < -0.3 is 30.3 Å². The Kier molecular flexibility index (Phi) is 6.68. The number of phenolic OH excluding ortho intramolecular Hbond substituents is 1. The molecule has 3 aliphatic heterocycles. The highest BCUT2D eigenvalue weighted by Gasteiger charge is 2.36. The standard InChI is InChI=1S/C32H37FN6O2/c1-38(2)32(11-13-41-14-12-32)19-34-31-36-29-26(30(37-31)39-17-21-7-8-22(18-39)35-21)10-9-25(28(29)33)27-16-23(40)15-20-5-3-4-6-24(20)27/h3-6,9-10,15-16,21-22,35,40H,7-8,11-14,17-19H2,1-2H3,(H,34,36,37)/t21-,22+. The number of aromatic hydroxyl groups is 1. The average molecular weight is 557 g/mol. The number of anilines is 2. The topological polar surface area (TPSA) is 85.8 Å². The molecule has 41 heavy (non-hydrogen) atoms. The molecule has 1 aromatic heterocycles. The van der Waals surface area contributed by atoms with Gasteiger partial charge >= 0.3 is 0 Å². The molecule has 214 valence electrons. The third-order valence-electron chi connectivity index (χ3n) is 9.39. The van der Waals surface area contributed by atoms with Crippen LogP contribution < -0.4 is 15.5 Å². The molecule has 3 saturated heterocycles. The van der Waals surface area contributed by atoms with E-state index in [9.17, 15) is 5.11 Å². The fourth-order valence-corrected chi connectivity index (χ4v) is 6.94. The van der Waals surface area contributed by atoms with Crippen LogP contribution in [0.5, 0.6) is 5.75 Å². The van der Waals surface area contributed by atoms with Crippen LogP contribution in [0.3, 0.4) is 0 Å². The summed E-state index contributed by atoms with van der Waals surface area (Å²) in [5.41, 5.74) is 1.25. The van der Waals surface area contributed by atoms with Crippen molar-refractivity contribution >= 4 is 33.4 Å². The minimum absolute atomic E-state index is 0.0915. The van der Waals surface area contributed by atoms with Gasteiger partial charge in [-0.2, -0.15) is 4.98 Å². The van der Waals surface area contributed by atoms with Crippen LogP contribution in [-0.4, -0.2) is 84.5 Å². The number of ether oxygens (including phenoxy) is 1. The number of halogens is 1. The van der Waals surface area contributed by atoms with E-state index in [-0.39, 0.29) is 11.3 Å². The van der Waals surface area contributed by atoms with Crippen molar-refractivity contribution in [1.82, 2.24) is 20.2 Å². The van der Waals surface area contributed by atoms with Gasteiger partial charge in [0.1, 0.15) is 17.1 Å². The highest BCUT2D eigenvalue weighted by molar-refractivity contribution is 6.01. The Labute approximate surface area is 239 Å². The molecule has 0 aliphatic carbocycles. The summed E-state index contributed by atoms with van der Waals surface area (Å²) in [5.74, 6) is 0.901. The van der Waals surface area contributed by atoms with Gasteiger partial charge in [0.05, 0.1) is 0 Å². The molecule has 0 saturated carbocycles. The van der Waals surface area contributed by atoms with E-state index in [4.69, 9.17) is 14.7 Å². The summed E-state index contributed by atoms with van der Waals surface area (Å²) in [6.07, 6.45) is 4.09. The van der Waals surface area contributed by atoms with Crippen molar-refractivity contribution < 1.29 is 14.2 Å². The van der Waals surface area contributed by atoms with Crippen molar-refractivity contribution in [3.8, 4) is 16.9 Å². The van der Waals surface area contributed by atoms with E-state index in [1.165, 1.54) is 0 Å². The predicted molar refractivity (Wildman–Crippen MR) is 161 cm³/mol. The van der Waals surface area contributed by atoms with Gasteiger partial charge in [0, 0.05) is 61.4 Å². The number of benzene rings is 3. The second-order valence-corrected chi connectivity index (χ2v) is 12.0. The van der Waals surface area contributed by atoms with Gasteiger partial charge in [-0.15, -0.1) is 0 Å². The van der Waals surface area contributed by atoms with Crippen LogP contribution in [0, 0.1) is 5.82 Å². The minimum atomic E-state index is -0.406. The van der Waals surface area contributed by atoms with E-state index < -0.39 is 5.82 Å². The maximum absolute atomic E-state index is 16.7. The zero-order valence-corrected chi connectivity index (χ0v) is 23.7. The van der Waals surface area contributed by atoms with Crippen molar-refractivity contribution in [3.63, 3.8) is 0 Å². The second-order valence-electron chi connectivity index (χ2n) is 12.0. The molecule has 0 amide bonds. The van der Waals surface area contributed by atoms with E-state index in [2.05, 4.69) is 34.5 Å².